The maximum atomic E-state index is 12.7. The summed E-state index contributed by atoms with van der Waals surface area (Å²) in [6.07, 6.45) is 0.451. The highest BCUT2D eigenvalue weighted by atomic mass is 19.1. The molecule has 0 saturated carbocycles. The molecule has 0 spiro atoms. The molecule has 1 nitrogen and oxygen atoms in total. The highest BCUT2D eigenvalue weighted by Gasteiger charge is 2.03. The summed E-state index contributed by atoms with van der Waals surface area (Å²) >= 11 is 0. The molecule has 2 rings (SSSR count). The van der Waals surface area contributed by atoms with E-state index in [9.17, 15) is 13.9 Å². The van der Waals surface area contributed by atoms with Crippen molar-refractivity contribution in [3.8, 4) is 5.75 Å². The van der Waals surface area contributed by atoms with Crippen LogP contribution < -0.4 is 0 Å². The summed E-state index contributed by atoms with van der Waals surface area (Å²) in [5, 5.41) is 9.49. The zero-order valence-corrected chi connectivity index (χ0v) is 8.45. The molecule has 2 aromatic carbocycles. The molecule has 82 valence electrons. The van der Waals surface area contributed by atoms with Gasteiger partial charge in [0.05, 0.1) is 0 Å². The van der Waals surface area contributed by atoms with Gasteiger partial charge >= 0.3 is 0 Å². The second-order valence-corrected chi connectivity index (χ2v) is 3.58. The number of phenols is 1. The molecule has 1 N–H and O–H groups in total. The van der Waals surface area contributed by atoms with Crippen molar-refractivity contribution in [1.82, 2.24) is 0 Å². The lowest BCUT2D eigenvalue weighted by atomic mass is 10.0. The molecule has 0 unspecified atom stereocenters. The van der Waals surface area contributed by atoms with Gasteiger partial charge in [-0.15, -0.1) is 0 Å². The van der Waals surface area contributed by atoms with Gasteiger partial charge in [-0.2, -0.15) is 0 Å². The first-order valence-electron chi connectivity index (χ1n) is 4.87. The number of hydrogen-bond acceptors (Lipinski definition) is 1. The first-order chi connectivity index (χ1) is 7.65. The number of benzene rings is 2. The van der Waals surface area contributed by atoms with E-state index in [2.05, 4.69) is 0 Å². The molecule has 0 amide bonds. The van der Waals surface area contributed by atoms with Crippen LogP contribution in [0.3, 0.4) is 0 Å². The van der Waals surface area contributed by atoms with E-state index >= 15 is 0 Å². The lowest BCUT2D eigenvalue weighted by Crippen LogP contribution is -1.90. The first-order valence-corrected chi connectivity index (χ1v) is 4.87. The molecule has 16 heavy (non-hydrogen) atoms. The molecule has 0 aliphatic heterocycles. The molecular weight excluding hydrogens is 210 g/mol. The monoisotopic (exact) mass is 220 g/mol. The topological polar surface area (TPSA) is 20.2 Å². The minimum absolute atomic E-state index is 0.0793. The average Bonchev–Trinajstić information content (AvgIpc) is 2.25. The quantitative estimate of drug-likeness (QED) is 0.823. The van der Waals surface area contributed by atoms with E-state index in [-0.39, 0.29) is 11.6 Å². The third-order valence-electron chi connectivity index (χ3n) is 2.36. The van der Waals surface area contributed by atoms with E-state index in [4.69, 9.17) is 0 Å². The molecule has 0 radical (unpaired) electrons. The van der Waals surface area contributed by atoms with Crippen molar-refractivity contribution in [2.75, 3.05) is 0 Å². The van der Waals surface area contributed by atoms with E-state index in [1.165, 1.54) is 24.3 Å². The highest BCUT2D eigenvalue weighted by Crippen LogP contribution is 2.21. The summed E-state index contributed by atoms with van der Waals surface area (Å²) in [5.74, 6) is -0.850. The Kier molecular flexibility index (Phi) is 2.86. The Balaban J connectivity index is 2.23. The van der Waals surface area contributed by atoms with E-state index in [0.29, 0.717) is 12.0 Å². The largest absolute Gasteiger partial charge is 0.508 e. The van der Waals surface area contributed by atoms with E-state index < -0.39 is 5.82 Å². The zero-order chi connectivity index (χ0) is 11.5. The fourth-order valence-corrected chi connectivity index (χ4v) is 1.51. The van der Waals surface area contributed by atoms with Gasteiger partial charge in [0.25, 0.3) is 0 Å². The Morgan fingerprint density at radius 3 is 2.12 bits per heavy atom. The fourth-order valence-electron chi connectivity index (χ4n) is 1.51. The van der Waals surface area contributed by atoms with Crippen LogP contribution in [0.25, 0.3) is 0 Å². The summed E-state index contributed by atoms with van der Waals surface area (Å²) in [6.45, 7) is 0. The average molecular weight is 220 g/mol. The number of rotatable bonds is 2. The van der Waals surface area contributed by atoms with Crippen molar-refractivity contribution in [1.29, 1.82) is 0 Å². The zero-order valence-electron chi connectivity index (χ0n) is 8.45. The van der Waals surface area contributed by atoms with Crippen molar-refractivity contribution in [3.63, 3.8) is 0 Å². The standard InChI is InChI=1S/C13H10F2O/c14-11-4-1-9(2-5-11)7-10-3-6-12(15)8-13(10)16/h1-6,8,16H,7H2. The number of halogens is 2. The first kappa shape index (κ1) is 10.6. The van der Waals surface area contributed by atoms with Gasteiger partial charge in [0.1, 0.15) is 17.4 Å². The van der Waals surface area contributed by atoms with E-state index in [1.807, 2.05) is 0 Å². The Labute approximate surface area is 92.0 Å². The molecule has 0 fully saturated rings. The van der Waals surface area contributed by atoms with Crippen LogP contribution in [0.1, 0.15) is 11.1 Å². The minimum atomic E-state index is -0.472. The summed E-state index contributed by atoms with van der Waals surface area (Å²) in [7, 11) is 0. The van der Waals surface area contributed by atoms with Gasteiger partial charge in [-0.05, 0) is 29.3 Å². The highest BCUT2D eigenvalue weighted by molar-refractivity contribution is 5.36. The molecule has 0 aromatic heterocycles. The van der Waals surface area contributed by atoms with E-state index in [1.54, 1.807) is 12.1 Å². The van der Waals surface area contributed by atoms with Crippen LogP contribution in [-0.4, -0.2) is 5.11 Å². The van der Waals surface area contributed by atoms with Gasteiger partial charge < -0.3 is 5.11 Å². The van der Waals surface area contributed by atoms with Crippen molar-refractivity contribution >= 4 is 0 Å². The van der Waals surface area contributed by atoms with Crippen LogP contribution >= 0.6 is 0 Å². The molecule has 0 saturated heterocycles. The van der Waals surface area contributed by atoms with Crippen molar-refractivity contribution in [2.24, 2.45) is 0 Å². The van der Waals surface area contributed by atoms with Crippen molar-refractivity contribution in [3.05, 3.63) is 65.2 Å². The lowest BCUT2D eigenvalue weighted by Gasteiger charge is -2.04. The third-order valence-corrected chi connectivity index (χ3v) is 2.36. The van der Waals surface area contributed by atoms with Gasteiger partial charge in [0.2, 0.25) is 0 Å². The second-order valence-electron chi connectivity index (χ2n) is 3.58. The fraction of sp³-hybridized carbons (Fsp3) is 0.0769. The number of aromatic hydroxyl groups is 1. The SMILES string of the molecule is Oc1cc(F)ccc1Cc1ccc(F)cc1. The Bertz CT molecular complexity index is 492. The molecule has 0 heterocycles. The van der Waals surface area contributed by atoms with Gasteiger partial charge in [0, 0.05) is 12.5 Å². The van der Waals surface area contributed by atoms with Crippen LogP contribution in [0.4, 0.5) is 8.78 Å². The summed E-state index contributed by atoms with van der Waals surface area (Å²) in [5.41, 5.74) is 1.48. The summed E-state index contributed by atoms with van der Waals surface area (Å²) in [6, 6.07) is 9.87. The van der Waals surface area contributed by atoms with Crippen LogP contribution in [0.5, 0.6) is 5.75 Å². The smallest absolute Gasteiger partial charge is 0.126 e. The molecular formula is C13H10F2O. The van der Waals surface area contributed by atoms with Crippen LogP contribution in [-0.2, 0) is 6.42 Å². The van der Waals surface area contributed by atoms with Gasteiger partial charge in [-0.3, -0.25) is 0 Å². The molecule has 0 aliphatic rings. The molecule has 0 bridgehead atoms. The third kappa shape index (κ3) is 2.37. The Morgan fingerprint density at radius 2 is 1.50 bits per heavy atom. The molecule has 3 heteroatoms. The van der Waals surface area contributed by atoms with Gasteiger partial charge in [-0.25, -0.2) is 8.78 Å². The second kappa shape index (κ2) is 4.31. The number of hydrogen-bond donors (Lipinski definition) is 1. The van der Waals surface area contributed by atoms with E-state index in [0.717, 1.165) is 11.6 Å². The molecule has 0 aliphatic carbocycles. The lowest BCUT2D eigenvalue weighted by molar-refractivity contribution is 0.463. The minimum Gasteiger partial charge on any atom is -0.508 e. The Hall–Kier alpha value is -1.90. The van der Waals surface area contributed by atoms with Gasteiger partial charge in [-0.1, -0.05) is 18.2 Å². The van der Waals surface area contributed by atoms with Crippen molar-refractivity contribution < 1.29 is 13.9 Å². The Morgan fingerprint density at radius 1 is 0.875 bits per heavy atom. The predicted molar refractivity (Wildman–Crippen MR) is 57.3 cm³/mol. The van der Waals surface area contributed by atoms with Gasteiger partial charge in [0.15, 0.2) is 0 Å². The van der Waals surface area contributed by atoms with Crippen LogP contribution in [0, 0.1) is 11.6 Å². The summed E-state index contributed by atoms with van der Waals surface area (Å²) < 4.78 is 25.4. The normalized spacial score (nSPS) is 10.4. The molecule has 0 atom stereocenters. The maximum absolute atomic E-state index is 12.7. The van der Waals surface area contributed by atoms with Crippen LogP contribution in [0.15, 0.2) is 42.5 Å². The predicted octanol–water partition coefficient (Wildman–Crippen LogP) is 3.26. The molecule has 2 aromatic rings. The van der Waals surface area contributed by atoms with Crippen LogP contribution in [0.2, 0.25) is 0 Å². The van der Waals surface area contributed by atoms with Crippen molar-refractivity contribution in [2.45, 2.75) is 6.42 Å². The summed E-state index contributed by atoms with van der Waals surface area (Å²) in [4.78, 5) is 0. The maximum Gasteiger partial charge on any atom is 0.126 e. The number of phenolic OH excluding ortho intramolecular Hbond substituents is 1.